The van der Waals surface area contributed by atoms with Gasteiger partial charge < -0.3 is 9.84 Å². The number of ether oxygens (including phenoxy) is 1. The summed E-state index contributed by atoms with van der Waals surface area (Å²) in [5.41, 5.74) is 1.56. The molecule has 0 atom stereocenters. The second-order valence-electron chi connectivity index (χ2n) is 9.04. The topological polar surface area (TPSA) is 103 Å². The molecule has 1 spiro atoms. The largest absolute Gasteiger partial charge is 0.481 e. The van der Waals surface area contributed by atoms with E-state index in [4.69, 9.17) is 4.74 Å². The summed E-state index contributed by atoms with van der Waals surface area (Å²) in [7, 11) is -3.27. The van der Waals surface area contributed by atoms with Crippen LogP contribution in [0, 0.1) is 12.3 Å². The van der Waals surface area contributed by atoms with Gasteiger partial charge in [0.25, 0.3) is 0 Å². The molecule has 2 heterocycles. The molecular formula is C22H28N2O5S. The number of benzene rings is 1. The first-order valence-corrected chi connectivity index (χ1v) is 11.5. The Morgan fingerprint density at radius 2 is 2.03 bits per heavy atom. The van der Waals surface area contributed by atoms with Crippen LogP contribution >= 0.6 is 10.8 Å². The van der Waals surface area contributed by atoms with Crippen molar-refractivity contribution in [2.24, 2.45) is 5.41 Å². The lowest BCUT2D eigenvalue weighted by atomic mass is 9.85. The van der Waals surface area contributed by atoms with E-state index in [0.717, 1.165) is 29.5 Å². The number of nitrogens with zero attached hydrogens (tertiary/aromatic N) is 2. The molecule has 1 aliphatic heterocycles. The van der Waals surface area contributed by atoms with Gasteiger partial charge in [0, 0.05) is 12.7 Å². The van der Waals surface area contributed by atoms with Crippen LogP contribution in [0.1, 0.15) is 43.4 Å². The molecule has 0 unspecified atom stereocenters. The molecule has 1 fully saturated rings. The lowest BCUT2D eigenvalue weighted by Crippen LogP contribution is -2.36. The van der Waals surface area contributed by atoms with Crippen molar-refractivity contribution >= 4 is 16.7 Å². The third-order valence-electron chi connectivity index (χ3n) is 5.96. The maximum absolute atomic E-state index is 11.5. The van der Waals surface area contributed by atoms with Gasteiger partial charge in [0.2, 0.25) is 5.88 Å². The van der Waals surface area contributed by atoms with Crippen LogP contribution in [0.5, 0.6) is 5.88 Å². The quantitative estimate of drug-likeness (QED) is 0.639. The van der Waals surface area contributed by atoms with Crippen molar-refractivity contribution in [3.8, 4) is 5.88 Å². The SMILES string of the molecule is Cc1ccc(CC(C)(C)C(=O)O)cc1CN1CC2(CC2)Oc2ncccc2S1(O)O. The number of rotatable bonds is 5. The maximum Gasteiger partial charge on any atom is 0.309 e. The number of aliphatic carboxylic acids is 1. The second-order valence-corrected chi connectivity index (χ2v) is 11.0. The van der Waals surface area contributed by atoms with E-state index in [0.29, 0.717) is 30.3 Å². The Hall–Kier alpha value is -2.13. The molecule has 4 rings (SSSR count). The summed E-state index contributed by atoms with van der Waals surface area (Å²) in [6, 6.07) is 9.22. The number of aromatic nitrogens is 1. The van der Waals surface area contributed by atoms with E-state index in [-0.39, 0.29) is 0 Å². The summed E-state index contributed by atoms with van der Waals surface area (Å²) in [5.74, 6) is -0.547. The minimum atomic E-state index is -3.27. The Kier molecular flexibility index (Phi) is 5.09. The minimum absolute atomic E-state index is 0.297. The highest BCUT2D eigenvalue weighted by molar-refractivity contribution is 8.22. The molecule has 8 heteroatoms. The van der Waals surface area contributed by atoms with Gasteiger partial charge in [-0.25, -0.2) is 4.98 Å². The monoisotopic (exact) mass is 432 g/mol. The lowest BCUT2D eigenvalue weighted by molar-refractivity contribution is -0.146. The van der Waals surface area contributed by atoms with Gasteiger partial charge in [-0.05, 0) is 68.9 Å². The van der Waals surface area contributed by atoms with E-state index in [1.807, 2.05) is 25.1 Å². The number of pyridine rings is 1. The highest BCUT2D eigenvalue weighted by Crippen LogP contribution is 2.60. The summed E-state index contributed by atoms with van der Waals surface area (Å²) in [5, 5.41) is 9.45. The smallest absolute Gasteiger partial charge is 0.309 e. The molecule has 2 aromatic rings. The molecule has 0 saturated heterocycles. The van der Waals surface area contributed by atoms with Crippen LogP contribution < -0.4 is 4.74 Å². The number of fused-ring (bicyclic) bond motifs is 1. The fourth-order valence-corrected chi connectivity index (χ4v) is 5.38. The number of carbonyl (C=O) groups is 1. The zero-order valence-corrected chi connectivity index (χ0v) is 18.3. The van der Waals surface area contributed by atoms with Crippen molar-refractivity contribution in [1.82, 2.24) is 9.29 Å². The van der Waals surface area contributed by atoms with Crippen LogP contribution in [-0.4, -0.2) is 41.6 Å². The third kappa shape index (κ3) is 3.92. The van der Waals surface area contributed by atoms with E-state index in [2.05, 4.69) is 4.98 Å². The van der Waals surface area contributed by atoms with E-state index >= 15 is 0 Å². The normalized spacial score (nSPS) is 20.7. The maximum atomic E-state index is 11.5. The Morgan fingerprint density at radius 3 is 2.70 bits per heavy atom. The zero-order valence-electron chi connectivity index (χ0n) is 17.5. The highest BCUT2D eigenvalue weighted by atomic mass is 32.3. The van der Waals surface area contributed by atoms with Crippen molar-refractivity contribution in [3.63, 3.8) is 0 Å². The average molecular weight is 433 g/mol. The van der Waals surface area contributed by atoms with Crippen molar-refractivity contribution in [2.75, 3.05) is 6.54 Å². The van der Waals surface area contributed by atoms with E-state index in [9.17, 15) is 19.0 Å². The van der Waals surface area contributed by atoms with Gasteiger partial charge in [-0.1, -0.05) is 18.2 Å². The fourth-order valence-electron chi connectivity index (χ4n) is 3.78. The molecule has 2 aliphatic rings. The number of carboxylic acid groups (broad SMARTS) is 1. The molecule has 30 heavy (non-hydrogen) atoms. The molecule has 1 aromatic carbocycles. The van der Waals surface area contributed by atoms with Gasteiger partial charge in [0.15, 0.2) is 0 Å². The summed E-state index contributed by atoms with van der Waals surface area (Å²) in [4.78, 5) is 16.1. The van der Waals surface area contributed by atoms with Gasteiger partial charge in [-0.3, -0.25) is 13.9 Å². The molecule has 0 radical (unpaired) electrons. The van der Waals surface area contributed by atoms with Crippen LogP contribution in [-0.2, 0) is 17.8 Å². The van der Waals surface area contributed by atoms with Crippen molar-refractivity contribution in [1.29, 1.82) is 0 Å². The van der Waals surface area contributed by atoms with Crippen LogP contribution in [0.15, 0.2) is 41.4 Å². The Morgan fingerprint density at radius 1 is 1.30 bits per heavy atom. The first kappa shape index (κ1) is 21.1. The Labute approximate surface area is 178 Å². The number of hydrogen-bond acceptors (Lipinski definition) is 6. The zero-order chi connectivity index (χ0) is 21.7. The van der Waals surface area contributed by atoms with E-state index < -0.39 is 27.8 Å². The predicted molar refractivity (Wildman–Crippen MR) is 115 cm³/mol. The first-order chi connectivity index (χ1) is 14.0. The average Bonchev–Trinajstić information content (AvgIpc) is 3.43. The van der Waals surface area contributed by atoms with Crippen LogP contribution in [0.2, 0.25) is 0 Å². The molecule has 1 aromatic heterocycles. The minimum Gasteiger partial charge on any atom is -0.481 e. The van der Waals surface area contributed by atoms with Gasteiger partial charge >= 0.3 is 5.97 Å². The van der Waals surface area contributed by atoms with Gasteiger partial charge in [0.1, 0.15) is 10.5 Å². The van der Waals surface area contributed by atoms with Gasteiger partial charge in [-0.15, -0.1) is 10.8 Å². The van der Waals surface area contributed by atoms with Gasteiger partial charge in [-0.2, -0.15) is 4.31 Å². The molecule has 162 valence electrons. The Bertz CT molecular complexity index is 987. The number of aryl methyl sites for hydroxylation is 1. The standard InChI is InChI=1S/C22H28N2O5S/c1-15-6-7-16(12-21(2,3)20(25)26)11-17(15)13-24-14-22(8-9-22)29-19-18(30(24,27)28)5-4-10-23-19/h4-7,10-11,27-28H,8-9,12-14H2,1-3H3,(H,25,26). The molecule has 3 N–H and O–H groups in total. The summed E-state index contributed by atoms with van der Waals surface area (Å²) >= 11 is 0. The molecule has 1 aliphatic carbocycles. The fraction of sp³-hybridized carbons (Fsp3) is 0.455. The molecule has 7 nitrogen and oxygen atoms in total. The van der Waals surface area contributed by atoms with Crippen molar-refractivity contribution in [2.45, 2.75) is 57.1 Å². The Balaban J connectivity index is 1.66. The van der Waals surface area contributed by atoms with Gasteiger partial charge in [0.05, 0.1) is 12.0 Å². The second kappa shape index (κ2) is 7.23. The predicted octanol–water partition coefficient (Wildman–Crippen LogP) is 4.50. The van der Waals surface area contributed by atoms with Crippen LogP contribution in [0.3, 0.4) is 0 Å². The molecular weight excluding hydrogens is 404 g/mol. The van der Waals surface area contributed by atoms with Crippen molar-refractivity contribution < 1.29 is 23.7 Å². The van der Waals surface area contributed by atoms with Crippen LogP contribution in [0.25, 0.3) is 0 Å². The molecule has 0 amide bonds. The third-order valence-corrected chi connectivity index (χ3v) is 7.84. The first-order valence-electron chi connectivity index (χ1n) is 10.0. The number of hydrogen-bond donors (Lipinski definition) is 3. The number of carboxylic acids is 1. The highest BCUT2D eigenvalue weighted by Gasteiger charge is 2.52. The summed E-state index contributed by atoms with van der Waals surface area (Å²) < 4.78 is 30.1. The summed E-state index contributed by atoms with van der Waals surface area (Å²) in [6.07, 6.45) is 3.69. The van der Waals surface area contributed by atoms with E-state index in [1.165, 1.54) is 0 Å². The van der Waals surface area contributed by atoms with E-state index in [1.54, 1.807) is 36.5 Å². The lowest BCUT2D eigenvalue weighted by Gasteiger charge is -2.41. The molecule has 0 bridgehead atoms. The molecule has 1 saturated carbocycles. The van der Waals surface area contributed by atoms with Crippen LogP contribution in [0.4, 0.5) is 0 Å². The summed E-state index contributed by atoms with van der Waals surface area (Å²) in [6.45, 7) is 6.12. The van der Waals surface area contributed by atoms with Crippen molar-refractivity contribution in [3.05, 3.63) is 53.2 Å².